The van der Waals surface area contributed by atoms with Crippen LogP contribution in [0.2, 0.25) is 0 Å². The predicted molar refractivity (Wildman–Crippen MR) is 77.6 cm³/mol. The minimum absolute atomic E-state index is 0.303. The van der Waals surface area contributed by atoms with Crippen molar-refractivity contribution in [1.29, 1.82) is 0 Å². The molecule has 2 aliphatic heterocycles. The standard InChI is InChI=1S/C16H22N2O2/c1-17-14-9-10-18(15(14)7-8-16(17)19)11-12-3-5-13(20-2)6-4-12/h3-6,14-15H,7-11H2,1-2H3/t14-,15-/m1/s1. The molecule has 1 aromatic carbocycles. The summed E-state index contributed by atoms with van der Waals surface area (Å²) in [4.78, 5) is 16.2. The van der Waals surface area contributed by atoms with E-state index in [1.54, 1.807) is 7.11 Å². The van der Waals surface area contributed by atoms with Crippen molar-refractivity contribution in [2.24, 2.45) is 0 Å². The average Bonchev–Trinajstić information content (AvgIpc) is 2.87. The number of rotatable bonds is 3. The van der Waals surface area contributed by atoms with E-state index in [1.807, 2.05) is 24.1 Å². The van der Waals surface area contributed by atoms with Crippen LogP contribution in [-0.4, -0.2) is 48.5 Å². The molecule has 1 amide bonds. The topological polar surface area (TPSA) is 32.8 Å². The SMILES string of the molecule is COc1ccc(CN2CC[C@@H]3[C@H]2CCC(=O)N3C)cc1. The first-order valence-corrected chi connectivity index (χ1v) is 7.31. The van der Waals surface area contributed by atoms with Crippen LogP contribution >= 0.6 is 0 Å². The number of hydrogen-bond donors (Lipinski definition) is 0. The van der Waals surface area contributed by atoms with Crippen LogP contribution < -0.4 is 4.74 Å². The first-order valence-electron chi connectivity index (χ1n) is 7.31. The molecule has 0 bridgehead atoms. The lowest BCUT2D eigenvalue weighted by atomic mass is 9.97. The fraction of sp³-hybridized carbons (Fsp3) is 0.562. The molecule has 4 heteroatoms. The molecule has 2 saturated heterocycles. The zero-order valence-corrected chi connectivity index (χ0v) is 12.2. The maximum atomic E-state index is 11.8. The number of carbonyl (C=O) groups is 1. The Morgan fingerprint density at radius 3 is 2.65 bits per heavy atom. The number of carbonyl (C=O) groups excluding carboxylic acids is 1. The van der Waals surface area contributed by atoms with Gasteiger partial charge in [0.25, 0.3) is 0 Å². The largest absolute Gasteiger partial charge is 0.497 e. The second kappa shape index (κ2) is 5.44. The number of benzene rings is 1. The van der Waals surface area contributed by atoms with Gasteiger partial charge in [-0.1, -0.05) is 12.1 Å². The number of likely N-dealkylation sites (tertiary alicyclic amines) is 2. The molecule has 0 N–H and O–H groups in total. The van der Waals surface area contributed by atoms with Crippen LogP contribution in [0.5, 0.6) is 5.75 Å². The molecule has 0 aliphatic carbocycles. The molecule has 20 heavy (non-hydrogen) atoms. The summed E-state index contributed by atoms with van der Waals surface area (Å²) in [5, 5.41) is 0. The van der Waals surface area contributed by atoms with Crippen LogP contribution in [0.25, 0.3) is 0 Å². The zero-order chi connectivity index (χ0) is 14.1. The van der Waals surface area contributed by atoms with Gasteiger partial charge in [-0.25, -0.2) is 0 Å². The normalized spacial score (nSPS) is 26.7. The van der Waals surface area contributed by atoms with E-state index < -0.39 is 0 Å². The van der Waals surface area contributed by atoms with E-state index in [9.17, 15) is 4.79 Å². The minimum atomic E-state index is 0.303. The van der Waals surface area contributed by atoms with Crippen molar-refractivity contribution < 1.29 is 9.53 Å². The van der Waals surface area contributed by atoms with Crippen molar-refractivity contribution in [3.05, 3.63) is 29.8 Å². The van der Waals surface area contributed by atoms with Gasteiger partial charge in [-0.2, -0.15) is 0 Å². The maximum Gasteiger partial charge on any atom is 0.222 e. The van der Waals surface area contributed by atoms with Crippen LogP contribution in [0, 0.1) is 0 Å². The quantitative estimate of drug-likeness (QED) is 0.844. The number of ether oxygens (including phenoxy) is 1. The van der Waals surface area contributed by atoms with E-state index >= 15 is 0 Å². The smallest absolute Gasteiger partial charge is 0.222 e. The van der Waals surface area contributed by atoms with Crippen molar-refractivity contribution in [2.45, 2.75) is 37.9 Å². The van der Waals surface area contributed by atoms with Gasteiger partial charge in [0, 0.05) is 38.6 Å². The molecule has 3 rings (SSSR count). The fourth-order valence-corrected chi connectivity index (χ4v) is 3.52. The number of fused-ring (bicyclic) bond motifs is 1. The van der Waals surface area contributed by atoms with E-state index in [2.05, 4.69) is 17.0 Å². The van der Waals surface area contributed by atoms with E-state index in [1.165, 1.54) is 5.56 Å². The van der Waals surface area contributed by atoms with E-state index in [0.717, 1.165) is 31.7 Å². The molecular weight excluding hydrogens is 252 g/mol. The second-order valence-corrected chi connectivity index (χ2v) is 5.79. The van der Waals surface area contributed by atoms with Gasteiger partial charge in [-0.15, -0.1) is 0 Å². The average molecular weight is 274 g/mol. The molecule has 0 aromatic heterocycles. The Bertz CT molecular complexity index is 486. The van der Waals surface area contributed by atoms with E-state index in [-0.39, 0.29) is 0 Å². The van der Waals surface area contributed by atoms with Gasteiger partial charge in [-0.3, -0.25) is 9.69 Å². The summed E-state index contributed by atoms with van der Waals surface area (Å²) in [6, 6.07) is 9.22. The molecule has 0 unspecified atom stereocenters. The fourth-order valence-electron chi connectivity index (χ4n) is 3.52. The lowest BCUT2D eigenvalue weighted by molar-refractivity contribution is -0.135. The Labute approximate surface area is 120 Å². The summed E-state index contributed by atoms with van der Waals surface area (Å²) in [5.41, 5.74) is 1.31. The summed E-state index contributed by atoms with van der Waals surface area (Å²) in [6.07, 6.45) is 2.80. The number of likely N-dealkylation sites (N-methyl/N-ethyl adjacent to an activating group) is 1. The van der Waals surface area contributed by atoms with Crippen LogP contribution in [-0.2, 0) is 11.3 Å². The number of methoxy groups -OCH3 is 1. The highest BCUT2D eigenvalue weighted by atomic mass is 16.5. The first kappa shape index (κ1) is 13.4. The van der Waals surface area contributed by atoms with Crippen molar-refractivity contribution in [2.75, 3.05) is 20.7 Å². The molecule has 2 atom stereocenters. The Balaban J connectivity index is 1.68. The Morgan fingerprint density at radius 1 is 1.20 bits per heavy atom. The van der Waals surface area contributed by atoms with Gasteiger partial charge in [0.1, 0.15) is 5.75 Å². The first-order chi connectivity index (χ1) is 9.69. The van der Waals surface area contributed by atoms with Gasteiger partial charge >= 0.3 is 0 Å². The number of hydrogen-bond acceptors (Lipinski definition) is 3. The summed E-state index contributed by atoms with van der Waals surface area (Å²) in [7, 11) is 3.64. The van der Waals surface area contributed by atoms with Crippen molar-refractivity contribution in [3.8, 4) is 5.75 Å². The minimum Gasteiger partial charge on any atom is -0.497 e. The molecule has 2 heterocycles. The van der Waals surface area contributed by atoms with Gasteiger partial charge < -0.3 is 9.64 Å². The molecule has 108 valence electrons. The molecular formula is C16H22N2O2. The maximum absolute atomic E-state index is 11.8. The third-order valence-corrected chi connectivity index (χ3v) is 4.71. The third-order valence-electron chi connectivity index (χ3n) is 4.71. The molecule has 0 radical (unpaired) electrons. The highest BCUT2D eigenvalue weighted by Crippen LogP contribution is 2.31. The molecule has 2 aliphatic rings. The lowest BCUT2D eigenvalue weighted by Crippen LogP contribution is -2.50. The van der Waals surface area contributed by atoms with Gasteiger partial charge in [0.2, 0.25) is 5.91 Å². The third kappa shape index (κ3) is 2.40. The summed E-state index contributed by atoms with van der Waals surface area (Å²) < 4.78 is 5.19. The summed E-state index contributed by atoms with van der Waals surface area (Å²) in [6.45, 7) is 2.05. The molecule has 2 fully saturated rings. The Hall–Kier alpha value is -1.55. The number of amides is 1. The monoisotopic (exact) mass is 274 g/mol. The molecule has 0 saturated carbocycles. The molecule has 0 spiro atoms. The predicted octanol–water partition coefficient (Wildman–Crippen LogP) is 1.89. The lowest BCUT2D eigenvalue weighted by Gasteiger charge is -2.37. The van der Waals surface area contributed by atoms with Gasteiger partial charge in [0.15, 0.2) is 0 Å². The Morgan fingerprint density at radius 2 is 1.95 bits per heavy atom. The molecule has 4 nitrogen and oxygen atoms in total. The molecule has 1 aromatic rings. The number of piperidine rings is 1. The highest BCUT2D eigenvalue weighted by Gasteiger charge is 2.41. The summed E-state index contributed by atoms with van der Waals surface area (Å²) >= 11 is 0. The van der Waals surface area contributed by atoms with E-state index in [0.29, 0.717) is 24.4 Å². The Kier molecular flexibility index (Phi) is 3.66. The van der Waals surface area contributed by atoms with Gasteiger partial charge in [-0.05, 0) is 30.5 Å². The number of nitrogens with zero attached hydrogens (tertiary/aromatic N) is 2. The van der Waals surface area contributed by atoms with Crippen LogP contribution in [0.15, 0.2) is 24.3 Å². The van der Waals surface area contributed by atoms with Crippen LogP contribution in [0.4, 0.5) is 0 Å². The highest BCUT2D eigenvalue weighted by molar-refractivity contribution is 5.77. The van der Waals surface area contributed by atoms with E-state index in [4.69, 9.17) is 4.74 Å². The summed E-state index contributed by atoms with van der Waals surface area (Å²) in [5.74, 6) is 1.20. The van der Waals surface area contributed by atoms with Crippen molar-refractivity contribution in [3.63, 3.8) is 0 Å². The van der Waals surface area contributed by atoms with Crippen LogP contribution in [0.1, 0.15) is 24.8 Å². The second-order valence-electron chi connectivity index (χ2n) is 5.79. The van der Waals surface area contributed by atoms with Crippen molar-refractivity contribution >= 4 is 5.91 Å². The zero-order valence-electron chi connectivity index (χ0n) is 12.2. The van der Waals surface area contributed by atoms with Gasteiger partial charge in [0.05, 0.1) is 7.11 Å². The van der Waals surface area contributed by atoms with Crippen LogP contribution in [0.3, 0.4) is 0 Å². The van der Waals surface area contributed by atoms with Crippen molar-refractivity contribution in [1.82, 2.24) is 9.80 Å².